The van der Waals surface area contributed by atoms with Gasteiger partial charge in [0.2, 0.25) is 11.1 Å². The Labute approximate surface area is 140 Å². The van der Waals surface area contributed by atoms with E-state index in [-0.39, 0.29) is 5.91 Å². The van der Waals surface area contributed by atoms with Crippen molar-refractivity contribution in [1.82, 2.24) is 25.1 Å². The summed E-state index contributed by atoms with van der Waals surface area (Å²) >= 11 is 1.39. The van der Waals surface area contributed by atoms with Crippen molar-refractivity contribution in [3.05, 3.63) is 30.3 Å². The lowest BCUT2D eigenvalue weighted by molar-refractivity contribution is -0.134. The standard InChI is InChI=1S/C16H21N5OS/c1-12-7-6-8-13(2)20(12)15(22)11-23-16-17-18-19-21(16)14-9-4-3-5-10-14/h3-5,9-10,12-13H,6-8,11H2,1-2H3/t12-,13-/m0/s1. The van der Waals surface area contributed by atoms with E-state index in [4.69, 9.17) is 0 Å². The Morgan fingerprint density at radius 1 is 1.22 bits per heavy atom. The molecule has 1 saturated heterocycles. The Bertz CT molecular complexity index is 650. The second-order valence-electron chi connectivity index (χ2n) is 5.93. The number of hydrogen-bond donors (Lipinski definition) is 0. The third-order valence-corrected chi connectivity index (χ3v) is 5.15. The van der Waals surface area contributed by atoms with E-state index in [1.165, 1.54) is 18.2 Å². The van der Waals surface area contributed by atoms with Crippen LogP contribution in [0.15, 0.2) is 35.5 Å². The number of carbonyl (C=O) groups excluding carboxylic acids is 1. The van der Waals surface area contributed by atoms with Gasteiger partial charge in [0.05, 0.1) is 11.4 Å². The number of likely N-dealkylation sites (tertiary alicyclic amines) is 1. The van der Waals surface area contributed by atoms with Crippen LogP contribution in [0.5, 0.6) is 0 Å². The third kappa shape index (κ3) is 3.55. The molecule has 2 heterocycles. The zero-order valence-corrected chi connectivity index (χ0v) is 14.2. The number of rotatable bonds is 4. The van der Waals surface area contributed by atoms with Crippen LogP contribution in [0, 0.1) is 0 Å². The summed E-state index contributed by atoms with van der Waals surface area (Å²) in [6.07, 6.45) is 3.37. The summed E-state index contributed by atoms with van der Waals surface area (Å²) in [5.41, 5.74) is 0.896. The van der Waals surface area contributed by atoms with E-state index < -0.39 is 0 Å². The predicted octanol–water partition coefficient (Wildman–Crippen LogP) is 2.54. The molecule has 1 aliphatic heterocycles. The molecule has 1 aromatic carbocycles. The summed E-state index contributed by atoms with van der Waals surface area (Å²) in [5.74, 6) is 0.527. The summed E-state index contributed by atoms with van der Waals surface area (Å²) in [4.78, 5) is 14.6. The van der Waals surface area contributed by atoms with Crippen molar-refractivity contribution in [2.75, 3.05) is 5.75 Å². The SMILES string of the molecule is C[C@H]1CCC[C@H](C)N1C(=O)CSc1nnnn1-c1ccccc1. The number of amides is 1. The van der Waals surface area contributed by atoms with Crippen molar-refractivity contribution in [3.8, 4) is 5.69 Å². The van der Waals surface area contributed by atoms with Crippen molar-refractivity contribution in [3.63, 3.8) is 0 Å². The Kier molecular flexibility index (Phi) is 4.95. The van der Waals surface area contributed by atoms with E-state index in [0.717, 1.165) is 18.5 Å². The first-order valence-electron chi connectivity index (χ1n) is 7.94. The van der Waals surface area contributed by atoms with Crippen LogP contribution in [0.2, 0.25) is 0 Å². The molecule has 0 aliphatic carbocycles. The largest absolute Gasteiger partial charge is 0.337 e. The fourth-order valence-corrected chi connectivity index (χ4v) is 3.87. The van der Waals surface area contributed by atoms with E-state index in [2.05, 4.69) is 29.4 Å². The summed E-state index contributed by atoms with van der Waals surface area (Å²) in [5, 5.41) is 12.4. The maximum absolute atomic E-state index is 12.6. The van der Waals surface area contributed by atoms with Crippen LogP contribution in [0.1, 0.15) is 33.1 Å². The lowest BCUT2D eigenvalue weighted by Gasteiger charge is -2.39. The number of para-hydroxylation sites is 1. The summed E-state index contributed by atoms with van der Waals surface area (Å²) < 4.78 is 1.67. The number of carbonyl (C=O) groups is 1. The Morgan fingerprint density at radius 2 is 1.91 bits per heavy atom. The fourth-order valence-electron chi connectivity index (χ4n) is 3.11. The molecule has 1 amide bonds. The molecular formula is C16H21N5OS. The van der Waals surface area contributed by atoms with Gasteiger partial charge < -0.3 is 4.90 Å². The van der Waals surface area contributed by atoms with E-state index in [9.17, 15) is 4.79 Å². The normalized spacial score (nSPS) is 21.4. The molecule has 2 atom stereocenters. The highest BCUT2D eigenvalue weighted by Crippen LogP contribution is 2.25. The van der Waals surface area contributed by atoms with Crippen LogP contribution < -0.4 is 0 Å². The maximum Gasteiger partial charge on any atom is 0.233 e. The number of hydrogen-bond acceptors (Lipinski definition) is 5. The monoisotopic (exact) mass is 331 g/mol. The third-order valence-electron chi connectivity index (χ3n) is 4.25. The molecule has 0 saturated carbocycles. The van der Waals surface area contributed by atoms with Gasteiger partial charge in [-0.2, -0.15) is 4.68 Å². The Hall–Kier alpha value is -1.89. The predicted molar refractivity (Wildman–Crippen MR) is 89.5 cm³/mol. The van der Waals surface area contributed by atoms with Gasteiger partial charge in [-0.05, 0) is 55.7 Å². The van der Waals surface area contributed by atoms with Crippen molar-refractivity contribution < 1.29 is 4.79 Å². The van der Waals surface area contributed by atoms with Crippen molar-refractivity contribution in [2.24, 2.45) is 0 Å². The number of benzene rings is 1. The smallest absolute Gasteiger partial charge is 0.233 e. The molecule has 0 bridgehead atoms. The summed E-state index contributed by atoms with van der Waals surface area (Å²) in [6, 6.07) is 10.3. The van der Waals surface area contributed by atoms with Crippen LogP contribution in [0.4, 0.5) is 0 Å². The molecule has 7 heteroatoms. The topological polar surface area (TPSA) is 63.9 Å². The molecule has 0 radical (unpaired) electrons. The first-order chi connectivity index (χ1) is 11.2. The second kappa shape index (κ2) is 7.12. The molecular weight excluding hydrogens is 310 g/mol. The van der Waals surface area contributed by atoms with Crippen molar-refractivity contribution >= 4 is 17.7 Å². The number of aromatic nitrogens is 4. The number of tetrazole rings is 1. The van der Waals surface area contributed by atoms with Gasteiger partial charge in [-0.25, -0.2) is 0 Å². The quantitative estimate of drug-likeness (QED) is 0.806. The van der Waals surface area contributed by atoms with Crippen molar-refractivity contribution in [1.29, 1.82) is 0 Å². The van der Waals surface area contributed by atoms with Crippen LogP contribution in [-0.4, -0.2) is 48.9 Å². The van der Waals surface area contributed by atoms with E-state index in [1.54, 1.807) is 4.68 Å². The lowest BCUT2D eigenvalue weighted by Crippen LogP contribution is -2.48. The number of nitrogens with zero attached hydrogens (tertiary/aromatic N) is 5. The van der Waals surface area contributed by atoms with Gasteiger partial charge in [0, 0.05) is 12.1 Å². The molecule has 0 spiro atoms. The molecule has 1 fully saturated rings. The molecule has 2 aromatic rings. The van der Waals surface area contributed by atoms with Gasteiger partial charge in [-0.3, -0.25) is 4.79 Å². The first kappa shape index (κ1) is 16.0. The van der Waals surface area contributed by atoms with Crippen LogP contribution in [-0.2, 0) is 4.79 Å². The summed E-state index contributed by atoms with van der Waals surface area (Å²) in [6.45, 7) is 4.26. The highest BCUT2D eigenvalue weighted by Gasteiger charge is 2.29. The van der Waals surface area contributed by atoms with Crippen LogP contribution >= 0.6 is 11.8 Å². The van der Waals surface area contributed by atoms with Gasteiger partial charge >= 0.3 is 0 Å². The molecule has 1 aliphatic rings. The Morgan fingerprint density at radius 3 is 2.61 bits per heavy atom. The summed E-state index contributed by atoms with van der Waals surface area (Å²) in [7, 11) is 0. The number of thioether (sulfide) groups is 1. The average Bonchev–Trinajstić information content (AvgIpc) is 3.02. The second-order valence-corrected chi connectivity index (χ2v) is 6.87. The minimum atomic E-state index is 0.164. The van der Waals surface area contributed by atoms with Crippen molar-refractivity contribution in [2.45, 2.75) is 50.4 Å². The zero-order valence-electron chi connectivity index (χ0n) is 13.4. The average molecular weight is 331 g/mol. The van der Waals surface area contributed by atoms with Gasteiger partial charge in [-0.15, -0.1) is 5.10 Å². The van der Waals surface area contributed by atoms with Gasteiger partial charge in [0.15, 0.2) is 0 Å². The molecule has 6 nitrogen and oxygen atoms in total. The number of piperidine rings is 1. The lowest BCUT2D eigenvalue weighted by atomic mass is 9.98. The molecule has 3 rings (SSSR count). The van der Waals surface area contributed by atoms with E-state index >= 15 is 0 Å². The highest BCUT2D eigenvalue weighted by molar-refractivity contribution is 7.99. The molecule has 122 valence electrons. The molecule has 0 N–H and O–H groups in total. The first-order valence-corrected chi connectivity index (χ1v) is 8.93. The maximum atomic E-state index is 12.6. The zero-order chi connectivity index (χ0) is 16.2. The highest BCUT2D eigenvalue weighted by atomic mass is 32.2. The fraction of sp³-hybridized carbons (Fsp3) is 0.500. The molecule has 23 heavy (non-hydrogen) atoms. The Balaban J connectivity index is 1.67. The van der Waals surface area contributed by atoms with Gasteiger partial charge in [-0.1, -0.05) is 30.0 Å². The van der Waals surface area contributed by atoms with E-state index in [0.29, 0.717) is 23.0 Å². The minimum Gasteiger partial charge on any atom is -0.337 e. The van der Waals surface area contributed by atoms with E-state index in [1.807, 2.05) is 35.2 Å². The molecule has 1 aromatic heterocycles. The van der Waals surface area contributed by atoms with Crippen LogP contribution in [0.3, 0.4) is 0 Å². The van der Waals surface area contributed by atoms with Gasteiger partial charge in [0.25, 0.3) is 0 Å². The van der Waals surface area contributed by atoms with Crippen LogP contribution in [0.25, 0.3) is 5.69 Å². The molecule has 0 unspecified atom stereocenters. The van der Waals surface area contributed by atoms with Gasteiger partial charge in [0.1, 0.15) is 0 Å². The minimum absolute atomic E-state index is 0.164.